The van der Waals surface area contributed by atoms with E-state index in [-0.39, 0.29) is 5.02 Å². The van der Waals surface area contributed by atoms with Gasteiger partial charge in [-0.1, -0.05) is 30.7 Å². The fourth-order valence-corrected chi connectivity index (χ4v) is 3.22. The van der Waals surface area contributed by atoms with Gasteiger partial charge in [0.05, 0.1) is 18.2 Å². The molecule has 0 unspecified atom stereocenters. The standard InChI is InChI=1S/C21H22ClFN6O/c1-2-14-3-5-15(6-4-14)24-19-26-20(25-16-7-8-18(23)17(22)13-16)28-21(27-19)29-9-11-30-12-10-29/h3-8,13H,2,9-12H2,1H3,(H2,24,25,26,27,28). The summed E-state index contributed by atoms with van der Waals surface area (Å²) in [4.78, 5) is 15.6. The monoisotopic (exact) mass is 428 g/mol. The van der Waals surface area contributed by atoms with Crippen LogP contribution in [0.4, 0.5) is 33.6 Å². The Kier molecular flexibility index (Phi) is 6.25. The van der Waals surface area contributed by atoms with Crippen molar-refractivity contribution in [3.63, 3.8) is 0 Å². The normalized spacial score (nSPS) is 13.9. The highest BCUT2D eigenvalue weighted by Gasteiger charge is 2.17. The number of nitrogens with one attached hydrogen (secondary N) is 2. The highest BCUT2D eigenvalue weighted by molar-refractivity contribution is 6.31. The minimum absolute atomic E-state index is 0.0248. The van der Waals surface area contributed by atoms with Crippen LogP contribution in [0.25, 0.3) is 0 Å². The predicted molar refractivity (Wildman–Crippen MR) is 117 cm³/mol. The number of aromatic nitrogens is 3. The summed E-state index contributed by atoms with van der Waals surface area (Å²) < 4.78 is 18.9. The lowest BCUT2D eigenvalue weighted by Gasteiger charge is -2.27. The van der Waals surface area contributed by atoms with Gasteiger partial charge in [-0.15, -0.1) is 0 Å². The highest BCUT2D eigenvalue weighted by atomic mass is 35.5. The second-order valence-corrected chi connectivity index (χ2v) is 7.22. The number of anilines is 5. The largest absolute Gasteiger partial charge is 0.378 e. The Labute approximate surface area is 179 Å². The summed E-state index contributed by atoms with van der Waals surface area (Å²) in [6.45, 7) is 4.72. The number of aryl methyl sites for hydroxylation is 1. The first-order chi connectivity index (χ1) is 14.6. The molecular weight excluding hydrogens is 407 g/mol. The molecule has 1 aliphatic heterocycles. The SMILES string of the molecule is CCc1ccc(Nc2nc(Nc3ccc(F)c(Cl)c3)nc(N3CCOCC3)n2)cc1. The molecule has 9 heteroatoms. The zero-order valence-electron chi connectivity index (χ0n) is 16.5. The van der Waals surface area contributed by atoms with E-state index in [9.17, 15) is 4.39 Å². The molecule has 2 heterocycles. The van der Waals surface area contributed by atoms with Crippen molar-refractivity contribution in [2.24, 2.45) is 0 Å². The summed E-state index contributed by atoms with van der Waals surface area (Å²) in [6, 6.07) is 12.5. The number of rotatable bonds is 6. The molecule has 0 atom stereocenters. The van der Waals surface area contributed by atoms with Gasteiger partial charge in [0.1, 0.15) is 5.82 Å². The maximum Gasteiger partial charge on any atom is 0.233 e. The van der Waals surface area contributed by atoms with Crippen LogP contribution in [0.5, 0.6) is 0 Å². The van der Waals surface area contributed by atoms with Crippen LogP contribution in [0, 0.1) is 5.82 Å². The van der Waals surface area contributed by atoms with Gasteiger partial charge in [0.25, 0.3) is 0 Å². The molecule has 2 N–H and O–H groups in total. The molecule has 0 saturated carbocycles. The van der Waals surface area contributed by atoms with Crippen molar-refractivity contribution in [3.05, 3.63) is 58.9 Å². The van der Waals surface area contributed by atoms with Crippen molar-refractivity contribution < 1.29 is 9.13 Å². The van der Waals surface area contributed by atoms with E-state index in [0.29, 0.717) is 49.8 Å². The second kappa shape index (κ2) is 9.23. The van der Waals surface area contributed by atoms with Crippen molar-refractivity contribution in [1.82, 2.24) is 15.0 Å². The third-order valence-corrected chi connectivity index (χ3v) is 5.00. The maximum atomic E-state index is 13.5. The topological polar surface area (TPSA) is 75.2 Å². The lowest BCUT2D eigenvalue weighted by atomic mass is 10.1. The first kappa shape index (κ1) is 20.3. The van der Waals surface area contributed by atoms with Gasteiger partial charge >= 0.3 is 0 Å². The molecule has 0 bridgehead atoms. The molecule has 1 fully saturated rings. The first-order valence-corrected chi connectivity index (χ1v) is 10.2. The summed E-state index contributed by atoms with van der Waals surface area (Å²) in [5.74, 6) is 0.801. The third-order valence-electron chi connectivity index (χ3n) is 4.71. The highest BCUT2D eigenvalue weighted by Crippen LogP contribution is 2.24. The quantitative estimate of drug-likeness (QED) is 0.596. The number of ether oxygens (including phenoxy) is 1. The van der Waals surface area contributed by atoms with E-state index in [1.54, 1.807) is 6.07 Å². The van der Waals surface area contributed by atoms with Gasteiger partial charge in [-0.2, -0.15) is 15.0 Å². The van der Waals surface area contributed by atoms with Crippen molar-refractivity contribution in [3.8, 4) is 0 Å². The van der Waals surface area contributed by atoms with E-state index in [0.717, 1.165) is 12.1 Å². The molecule has 0 aliphatic carbocycles. The molecule has 156 valence electrons. The van der Waals surface area contributed by atoms with Gasteiger partial charge in [0.15, 0.2) is 0 Å². The summed E-state index contributed by atoms with van der Waals surface area (Å²) >= 11 is 5.89. The smallest absolute Gasteiger partial charge is 0.233 e. The van der Waals surface area contributed by atoms with Gasteiger partial charge in [-0.25, -0.2) is 4.39 Å². The molecule has 0 amide bonds. The summed E-state index contributed by atoms with van der Waals surface area (Å²) in [5.41, 5.74) is 2.71. The number of hydrogen-bond acceptors (Lipinski definition) is 7. The Morgan fingerprint density at radius 1 is 0.967 bits per heavy atom. The fraction of sp³-hybridized carbons (Fsp3) is 0.286. The first-order valence-electron chi connectivity index (χ1n) is 9.77. The number of hydrogen-bond donors (Lipinski definition) is 2. The van der Waals surface area contributed by atoms with E-state index in [1.807, 2.05) is 17.0 Å². The van der Waals surface area contributed by atoms with E-state index in [1.165, 1.54) is 17.7 Å². The molecular formula is C21H22ClFN6O. The molecule has 0 radical (unpaired) electrons. The zero-order valence-corrected chi connectivity index (χ0v) is 17.3. The van der Waals surface area contributed by atoms with Gasteiger partial charge in [0, 0.05) is 24.5 Å². The zero-order chi connectivity index (χ0) is 20.9. The van der Waals surface area contributed by atoms with Crippen LogP contribution >= 0.6 is 11.6 Å². The van der Waals surface area contributed by atoms with E-state index in [2.05, 4.69) is 44.6 Å². The minimum Gasteiger partial charge on any atom is -0.378 e. The molecule has 4 rings (SSSR count). The molecule has 1 aliphatic rings. The lowest BCUT2D eigenvalue weighted by molar-refractivity contribution is 0.122. The van der Waals surface area contributed by atoms with E-state index < -0.39 is 5.82 Å². The predicted octanol–water partition coefficient (Wildman–Crippen LogP) is 4.55. The van der Waals surface area contributed by atoms with Crippen LogP contribution in [-0.2, 0) is 11.2 Å². The Morgan fingerprint density at radius 3 is 2.23 bits per heavy atom. The Bertz CT molecular complexity index is 1010. The number of halogens is 2. The van der Waals surface area contributed by atoms with Crippen molar-refractivity contribution in [2.75, 3.05) is 41.8 Å². The molecule has 2 aromatic carbocycles. The van der Waals surface area contributed by atoms with E-state index in [4.69, 9.17) is 16.3 Å². The molecule has 7 nitrogen and oxygen atoms in total. The van der Waals surface area contributed by atoms with Crippen LogP contribution in [0.3, 0.4) is 0 Å². The minimum atomic E-state index is -0.482. The molecule has 0 spiro atoms. The van der Waals surface area contributed by atoms with Crippen LogP contribution in [0.2, 0.25) is 5.02 Å². The maximum absolute atomic E-state index is 13.5. The number of morpholine rings is 1. The summed E-state index contributed by atoms with van der Waals surface area (Å²) in [5, 5.41) is 6.34. The van der Waals surface area contributed by atoms with E-state index >= 15 is 0 Å². The van der Waals surface area contributed by atoms with Crippen LogP contribution in [-0.4, -0.2) is 41.3 Å². The molecule has 3 aromatic rings. The Balaban J connectivity index is 1.63. The van der Waals surface area contributed by atoms with Gasteiger partial charge in [-0.05, 0) is 42.3 Å². The molecule has 1 aromatic heterocycles. The fourth-order valence-electron chi connectivity index (χ4n) is 3.04. The second-order valence-electron chi connectivity index (χ2n) is 6.81. The van der Waals surface area contributed by atoms with Crippen LogP contribution in [0.15, 0.2) is 42.5 Å². The average molecular weight is 429 g/mol. The Hall–Kier alpha value is -2.97. The summed E-state index contributed by atoms with van der Waals surface area (Å²) in [6.07, 6.45) is 0.974. The van der Waals surface area contributed by atoms with Gasteiger partial charge < -0.3 is 20.3 Å². The van der Waals surface area contributed by atoms with Crippen molar-refractivity contribution in [1.29, 1.82) is 0 Å². The van der Waals surface area contributed by atoms with Crippen molar-refractivity contribution >= 4 is 40.8 Å². The van der Waals surface area contributed by atoms with Gasteiger partial charge in [0.2, 0.25) is 17.8 Å². The lowest BCUT2D eigenvalue weighted by Crippen LogP contribution is -2.37. The number of nitrogens with zero attached hydrogens (tertiary/aromatic N) is 4. The Morgan fingerprint density at radius 2 is 1.60 bits per heavy atom. The average Bonchev–Trinajstić information content (AvgIpc) is 2.77. The molecule has 1 saturated heterocycles. The van der Waals surface area contributed by atoms with Gasteiger partial charge in [-0.3, -0.25) is 0 Å². The van der Waals surface area contributed by atoms with Crippen LogP contribution < -0.4 is 15.5 Å². The summed E-state index contributed by atoms with van der Waals surface area (Å²) in [7, 11) is 0. The number of benzene rings is 2. The third kappa shape index (κ3) is 4.95. The molecule has 30 heavy (non-hydrogen) atoms. The van der Waals surface area contributed by atoms with Crippen LogP contribution in [0.1, 0.15) is 12.5 Å². The van der Waals surface area contributed by atoms with Crippen molar-refractivity contribution in [2.45, 2.75) is 13.3 Å².